The van der Waals surface area contributed by atoms with Crippen LogP contribution in [0.25, 0.3) is 0 Å². The van der Waals surface area contributed by atoms with Crippen LogP contribution in [0, 0.1) is 5.92 Å². The second-order valence-corrected chi connectivity index (χ2v) is 7.35. The first-order chi connectivity index (χ1) is 13.1. The van der Waals surface area contributed by atoms with Crippen molar-refractivity contribution >= 4 is 11.9 Å². The second kappa shape index (κ2) is 9.41. The molecule has 0 radical (unpaired) electrons. The summed E-state index contributed by atoms with van der Waals surface area (Å²) in [6.45, 7) is 8.06. The van der Waals surface area contributed by atoms with Gasteiger partial charge in [0.2, 0.25) is 11.9 Å². The molecule has 1 aliphatic rings. The standard InChI is InChI=1S/C20H28N6O/c1-16(2)13-18(17-5-3-6-21-14-17)24-19(27)15-25-9-11-26(12-10-25)20-22-7-4-8-23-20/h3-8,14,16,18H,9-13,15H2,1-2H3,(H,24,27). The highest BCUT2D eigenvalue weighted by Crippen LogP contribution is 2.20. The molecule has 7 nitrogen and oxygen atoms in total. The first kappa shape index (κ1) is 19.2. The molecule has 1 aliphatic heterocycles. The van der Waals surface area contributed by atoms with Crippen LogP contribution in [-0.4, -0.2) is 58.5 Å². The van der Waals surface area contributed by atoms with Crippen LogP contribution >= 0.6 is 0 Å². The second-order valence-electron chi connectivity index (χ2n) is 7.35. The van der Waals surface area contributed by atoms with Gasteiger partial charge in [0, 0.05) is 51.0 Å². The molecule has 1 atom stereocenters. The lowest BCUT2D eigenvalue weighted by Gasteiger charge is -2.34. The Balaban J connectivity index is 1.51. The predicted octanol–water partition coefficient (Wildman–Crippen LogP) is 1.90. The van der Waals surface area contributed by atoms with E-state index in [9.17, 15) is 4.79 Å². The van der Waals surface area contributed by atoms with Gasteiger partial charge < -0.3 is 10.2 Å². The van der Waals surface area contributed by atoms with Crippen molar-refractivity contribution in [1.29, 1.82) is 0 Å². The summed E-state index contributed by atoms with van der Waals surface area (Å²) in [6.07, 6.45) is 8.01. The van der Waals surface area contributed by atoms with Gasteiger partial charge >= 0.3 is 0 Å². The molecule has 2 aromatic rings. The molecule has 0 saturated carbocycles. The van der Waals surface area contributed by atoms with Crippen molar-refractivity contribution < 1.29 is 4.79 Å². The molecule has 1 saturated heterocycles. The minimum absolute atomic E-state index is 0.00482. The average Bonchev–Trinajstić information content (AvgIpc) is 2.69. The van der Waals surface area contributed by atoms with Crippen molar-refractivity contribution in [3.05, 3.63) is 48.5 Å². The van der Waals surface area contributed by atoms with Crippen molar-refractivity contribution in [2.24, 2.45) is 5.92 Å². The lowest BCUT2D eigenvalue weighted by atomic mass is 9.98. The van der Waals surface area contributed by atoms with Crippen molar-refractivity contribution in [2.75, 3.05) is 37.6 Å². The van der Waals surface area contributed by atoms with Crippen LogP contribution in [0.5, 0.6) is 0 Å². The van der Waals surface area contributed by atoms with Crippen molar-refractivity contribution in [1.82, 2.24) is 25.2 Å². The summed E-state index contributed by atoms with van der Waals surface area (Å²) in [5.41, 5.74) is 1.06. The van der Waals surface area contributed by atoms with E-state index in [1.54, 1.807) is 18.6 Å². The number of carbonyl (C=O) groups excluding carboxylic acids is 1. The van der Waals surface area contributed by atoms with E-state index in [0.29, 0.717) is 12.5 Å². The Bertz CT molecular complexity index is 701. The Morgan fingerprint density at radius 3 is 2.48 bits per heavy atom. The fourth-order valence-electron chi connectivity index (χ4n) is 3.34. The molecule has 0 aliphatic carbocycles. The van der Waals surface area contributed by atoms with E-state index in [1.165, 1.54) is 0 Å². The van der Waals surface area contributed by atoms with E-state index in [1.807, 2.05) is 24.4 Å². The maximum Gasteiger partial charge on any atom is 0.234 e. The Hall–Kier alpha value is -2.54. The first-order valence-corrected chi connectivity index (χ1v) is 9.55. The Morgan fingerprint density at radius 1 is 1.11 bits per heavy atom. The summed E-state index contributed by atoms with van der Waals surface area (Å²) in [6, 6.07) is 5.77. The minimum Gasteiger partial charge on any atom is -0.348 e. The topological polar surface area (TPSA) is 74.2 Å². The maximum absolute atomic E-state index is 12.6. The highest BCUT2D eigenvalue weighted by Gasteiger charge is 2.22. The number of piperazine rings is 1. The number of pyridine rings is 1. The third-order valence-corrected chi connectivity index (χ3v) is 4.70. The highest BCUT2D eigenvalue weighted by atomic mass is 16.2. The van der Waals surface area contributed by atoms with Gasteiger partial charge in [-0.3, -0.25) is 14.7 Å². The normalized spacial score (nSPS) is 16.3. The number of nitrogens with one attached hydrogen (secondary N) is 1. The summed E-state index contributed by atoms with van der Waals surface area (Å²) in [4.78, 5) is 29.8. The molecule has 1 fully saturated rings. The number of amides is 1. The van der Waals surface area contributed by atoms with Gasteiger partial charge in [-0.1, -0.05) is 19.9 Å². The van der Waals surface area contributed by atoms with Gasteiger partial charge in [-0.15, -0.1) is 0 Å². The smallest absolute Gasteiger partial charge is 0.234 e. The summed E-state index contributed by atoms with van der Waals surface area (Å²) in [5.74, 6) is 1.31. The van der Waals surface area contributed by atoms with Crippen LogP contribution < -0.4 is 10.2 Å². The molecule has 1 unspecified atom stereocenters. The number of aromatic nitrogens is 3. The molecule has 0 bridgehead atoms. The van der Waals surface area contributed by atoms with E-state index in [-0.39, 0.29) is 11.9 Å². The summed E-state index contributed by atoms with van der Waals surface area (Å²) in [5, 5.41) is 3.20. The lowest BCUT2D eigenvalue weighted by Crippen LogP contribution is -2.50. The number of rotatable bonds is 7. The zero-order chi connectivity index (χ0) is 19.1. The quantitative estimate of drug-likeness (QED) is 0.805. The van der Waals surface area contributed by atoms with E-state index in [0.717, 1.165) is 44.1 Å². The third kappa shape index (κ3) is 5.72. The molecule has 3 rings (SSSR count). The molecule has 3 heterocycles. The van der Waals surface area contributed by atoms with Crippen molar-refractivity contribution in [2.45, 2.75) is 26.3 Å². The fraction of sp³-hybridized carbons (Fsp3) is 0.500. The van der Waals surface area contributed by atoms with E-state index in [4.69, 9.17) is 0 Å². The minimum atomic E-state index is 0.00482. The molecule has 1 amide bonds. The van der Waals surface area contributed by atoms with Gasteiger partial charge in [0.15, 0.2) is 0 Å². The van der Waals surface area contributed by atoms with Crippen LogP contribution in [0.4, 0.5) is 5.95 Å². The SMILES string of the molecule is CC(C)CC(NC(=O)CN1CCN(c2ncccn2)CC1)c1cccnc1. The Morgan fingerprint density at radius 2 is 1.85 bits per heavy atom. The van der Waals surface area contributed by atoms with E-state index < -0.39 is 0 Å². The van der Waals surface area contributed by atoms with Crippen LogP contribution in [0.3, 0.4) is 0 Å². The molecule has 0 spiro atoms. The molecule has 7 heteroatoms. The lowest BCUT2D eigenvalue weighted by molar-refractivity contribution is -0.123. The monoisotopic (exact) mass is 368 g/mol. The number of carbonyl (C=O) groups is 1. The summed E-state index contributed by atoms with van der Waals surface area (Å²) >= 11 is 0. The number of hydrogen-bond acceptors (Lipinski definition) is 6. The average molecular weight is 368 g/mol. The third-order valence-electron chi connectivity index (χ3n) is 4.70. The number of hydrogen-bond donors (Lipinski definition) is 1. The van der Waals surface area contributed by atoms with E-state index >= 15 is 0 Å². The molecule has 2 aromatic heterocycles. The summed E-state index contributed by atoms with van der Waals surface area (Å²) < 4.78 is 0. The zero-order valence-electron chi connectivity index (χ0n) is 16.1. The molecular formula is C20H28N6O. The van der Waals surface area contributed by atoms with Crippen LogP contribution in [-0.2, 0) is 4.79 Å². The van der Waals surface area contributed by atoms with Gasteiger partial charge in [-0.05, 0) is 30.0 Å². The molecule has 1 N–H and O–H groups in total. The molecule has 144 valence electrons. The molecule has 27 heavy (non-hydrogen) atoms. The highest BCUT2D eigenvalue weighted by molar-refractivity contribution is 5.78. The van der Waals surface area contributed by atoms with Gasteiger partial charge in [0.05, 0.1) is 12.6 Å². The van der Waals surface area contributed by atoms with Crippen LogP contribution in [0.15, 0.2) is 43.0 Å². The fourth-order valence-corrected chi connectivity index (χ4v) is 3.34. The van der Waals surface area contributed by atoms with Gasteiger partial charge in [0.25, 0.3) is 0 Å². The van der Waals surface area contributed by atoms with E-state index in [2.05, 4.69) is 43.9 Å². The van der Waals surface area contributed by atoms with Crippen molar-refractivity contribution in [3.63, 3.8) is 0 Å². The number of nitrogens with zero attached hydrogens (tertiary/aromatic N) is 5. The number of anilines is 1. The van der Waals surface area contributed by atoms with Gasteiger partial charge in [-0.2, -0.15) is 0 Å². The van der Waals surface area contributed by atoms with Crippen molar-refractivity contribution in [3.8, 4) is 0 Å². The Labute approximate surface area is 160 Å². The molecular weight excluding hydrogens is 340 g/mol. The van der Waals surface area contributed by atoms with Crippen LogP contribution in [0.2, 0.25) is 0 Å². The maximum atomic E-state index is 12.6. The Kier molecular flexibility index (Phi) is 6.70. The largest absolute Gasteiger partial charge is 0.348 e. The first-order valence-electron chi connectivity index (χ1n) is 9.55. The summed E-state index contributed by atoms with van der Waals surface area (Å²) in [7, 11) is 0. The predicted molar refractivity (Wildman–Crippen MR) is 105 cm³/mol. The van der Waals surface area contributed by atoms with Crippen LogP contribution in [0.1, 0.15) is 31.9 Å². The van der Waals surface area contributed by atoms with Gasteiger partial charge in [-0.25, -0.2) is 9.97 Å². The van der Waals surface area contributed by atoms with Gasteiger partial charge in [0.1, 0.15) is 0 Å². The zero-order valence-corrected chi connectivity index (χ0v) is 16.1. The molecule has 0 aromatic carbocycles.